The van der Waals surface area contributed by atoms with E-state index < -0.39 is 38.2 Å². The van der Waals surface area contributed by atoms with Crippen LogP contribution in [0.1, 0.15) is 37.2 Å². The zero-order chi connectivity index (χ0) is 27.3. The van der Waals surface area contributed by atoms with Crippen LogP contribution in [0.4, 0.5) is 4.39 Å². The second-order valence-corrected chi connectivity index (χ2v) is 10.6. The summed E-state index contributed by atoms with van der Waals surface area (Å²) in [5, 5.41) is 10.8. The summed E-state index contributed by atoms with van der Waals surface area (Å²) in [6.45, 7) is 2.08. The van der Waals surface area contributed by atoms with E-state index in [4.69, 9.17) is 4.74 Å². The fourth-order valence-corrected chi connectivity index (χ4v) is 5.61. The number of pyridine rings is 1. The van der Waals surface area contributed by atoms with E-state index in [1.165, 1.54) is 54.3 Å². The number of sulfone groups is 1. The van der Waals surface area contributed by atoms with Crippen molar-refractivity contribution >= 4 is 9.84 Å². The normalized spacial score (nSPS) is 12.4. The van der Waals surface area contributed by atoms with Crippen LogP contribution in [-0.2, 0) is 21.0 Å². The van der Waals surface area contributed by atoms with Gasteiger partial charge >= 0.3 is 0 Å². The third kappa shape index (κ3) is 5.51. The summed E-state index contributed by atoms with van der Waals surface area (Å²) >= 11 is 0. The molecule has 38 heavy (non-hydrogen) atoms. The van der Waals surface area contributed by atoms with Crippen molar-refractivity contribution in [2.24, 2.45) is 0 Å². The summed E-state index contributed by atoms with van der Waals surface area (Å²) in [4.78, 5) is 20.7. The van der Waals surface area contributed by atoms with E-state index in [0.717, 1.165) is 12.0 Å². The van der Waals surface area contributed by atoms with E-state index in [9.17, 15) is 22.7 Å². The maximum absolute atomic E-state index is 13.9. The molecule has 4 rings (SSSR count). The Balaban J connectivity index is 1.85. The Morgan fingerprint density at radius 2 is 1.71 bits per heavy atom. The van der Waals surface area contributed by atoms with Crippen molar-refractivity contribution in [2.45, 2.75) is 42.0 Å². The molecule has 0 saturated heterocycles. The van der Waals surface area contributed by atoms with Crippen molar-refractivity contribution in [3.8, 4) is 17.0 Å². The van der Waals surface area contributed by atoms with Crippen molar-refractivity contribution in [3.05, 3.63) is 101 Å². The molecule has 0 aliphatic heterocycles. The minimum atomic E-state index is -4.46. The van der Waals surface area contributed by atoms with E-state index in [0.29, 0.717) is 24.0 Å². The van der Waals surface area contributed by atoms with Crippen LogP contribution in [0.3, 0.4) is 0 Å². The van der Waals surface area contributed by atoms with Gasteiger partial charge in [0.1, 0.15) is 5.82 Å². The van der Waals surface area contributed by atoms with E-state index >= 15 is 0 Å². The van der Waals surface area contributed by atoms with Gasteiger partial charge in [-0.05, 0) is 41.8 Å². The Kier molecular flexibility index (Phi) is 8.33. The van der Waals surface area contributed by atoms with E-state index in [1.54, 1.807) is 0 Å². The van der Waals surface area contributed by atoms with Gasteiger partial charge in [0.2, 0.25) is 21.7 Å². The molecule has 0 aliphatic carbocycles. The number of ether oxygens (including phenoxy) is 1. The van der Waals surface area contributed by atoms with Crippen LogP contribution in [0.25, 0.3) is 11.1 Å². The first-order valence-corrected chi connectivity index (χ1v) is 13.6. The molecule has 2 aromatic carbocycles. The topological polar surface area (TPSA) is 111 Å². The number of halogens is 1. The van der Waals surface area contributed by atoms with Crippen LogP contribution in [0.15, 0.2) is 87.5 Å². The number of hydrogen-bond donors (Lipinski definition) is 1. The fourth-order valence-electron chi connectivity index (χ4n) is 4.26. The second-order valence-electron chi connectivity index (χ2n) is 8.74. The zero-order valence-corrected chi connectivity index (χ0v) is 21.9. The molecular weight excluding hydrogens is 509 g/mol. The van der Waals surface area contributed by atoms with Crippen LogP contribution in [0.2, 0.25) is 0 Å². The number of nitrogens with zero attached hydrogens (tertiary/aromatic N) is 3. The van der Waals surface area contributed by atoms with Crippen LogP contribution in [0, 0.1) is 5.95 Å². The summed E-state index contributed by atoms with van der Waals surface area (Å²) in [5.41, 5.74) is 1.06. The van der Waals surface area contributed by atoms with Gasteiger partial charge in [-0.15, -0.1) is 0 Å². The average Bonchev–Trinajstić information content (AvgIpc) is 2.92. The molecule has 2 heterocycles. The molecule has 2 aromatic heterocycles. The highest BCUT2D eigenvalue weighted by Crippen LogP contribution is 2.29. The summed E-state index contributed by atoms with van der Waals surface area (Å²) in [7, 11) is -2.96. The lowest BCUT2D eigenvalue weighted by Gasteiger charge is -2.24. The van der Waals surface area contributed by atoms with Gasteiger partial charge in [0.15, 0.2) is 4.90 Å². The zero-order valence-electron chi connectivity index (χ0n) is 21.0. The maximum atomic E-state index is 13.9. The quantitative estimate of drug-likeness (QED) is 0.295. The molecule has 1 N–H and O–H groups in total. The number of aryl methyl sites for hydroxylation is 1. The van der Waals surface area contributed by atoms with Gasteiger partial charge in [-0.2, -0.15) is 9.37 Å². The van der Waals surface area contributed by atoms with Crippen LogP contribution >= 0.6 is 0 Å². The summed E-state index contributed by atoms with van der Waals surface area (Å²) in [6, 6.07) is 16.9. The number of methoxy groups -OCH3 is 1. The summed E-state index contributed by atoms with van der Waals surface area (Å²) in [5.74, 6) is -1.19. The highest BCUT2D eigenvalue weighted by Gasteiger charge is 2.32. The number of aromatic nitrogens is 3. The molecule has 0 radical (unpaired) electrons. The van der Waals surface area contributed by atoms with Crippen molar-refractivity contribution in [3.63, 3.8) is 0 Å². The molecule has 1 atom stereocenters. The molecule has 0 bridgehead atoms. The van der Waals surface area contributed by atoms with E-state index in [-0.39, 0.29) is 17.3 Å². The standard InChI is InChI=1S/C28H28FN3O5S/c1-3-4-10-25-31-27(33)26(28(34)32(25)23(18-37-2)20-8-6-5-7-9-20)38(35,36)22-14-11-19(12-15-22)21-13-16-24(29)30-17-21/h5-9,11-17,23,33H,3-4,10,18H2,1-2H3/t23-/m0/s1. The van der Waals surface area contributed by atoms with Crippen molar-refractivity contribution in [2.75, 3.05) is 13.7 Å². The van der Waals surface area contributed by atoms with Gasteiger partial charge in [0.05, 0.1) is 17.5 Å². The number of unbranched alkanes of at least 4 members (excludes halogenated alkanes) is 1. The van der Waals surface area contributed by atoms with Gasteiger partial charge in [-0.1, -0.05) is 55.8 Å². The number of aromatic hydroxyl groups is 1. The predicted octanol–water partition coefficient (Wildman–Crippen LogP) is 4.56. The maximum Gasteiger partial charge on any atom is 0.277 e. The molecule has 10 heteroatoms. The summed E-state index contributed by atoms with van der Waals surface area (Å²) in [6.07, 6.45) is 3.20. The molecule has 0 saturated carbocycles. The third-order valence-electron chi connectivity index (χ3n) is 6.20. The van der Waals surface area contributed by atoms with Gasteiger partial charge in [-0.25, -0.2) is 13.4 Å². The Labute approximate surface area is 220 Å². The summed E-state index contributed by atoms with van der Waals surface area (Å²) < 4.78 is 47.2. The van der Waals surface area contributed by atoms with Gasteiger partial charge < -0.3 is 9.84 Å². The third-order valence-corrected chi connectivity index (χ3v) is 7.99. The monoisotopic (exact) mass is 537 g/mol. The van der Waals surface area contributed by atoms with Crippen LogP contribution in [0.5, 0.6) is 5.88 Å². The lowest BCUT2D eigenvalue weighted by molar-refractivity contribution is 0.165. The molecular formula is C28H28FN3O5S. The fraction of sp³-hybridized carbons (Fsp3) is 0.250. The Hall–Kier alpha value is -3.89. The second kappa shape index (κ2) is 11.7. The molecule has 8 nitrogen and oxygen atoms in total. The SMILES string of the molecule is CCCCc1nc(O)c(S(=O)(=O)c2ccc(-c3ccc(F)nc3)cc2)c(=O)n1[C@@H](COC)c1ccccc1. The first-order chi connectivity index (χ1) is 18.3. The highest BCUT2D eigenvalue weighted by molar-refractivity contribution is 7.91. The Morgan fingerprint density at radius 1 is 1.03 bits per heavy atom. The Bertz CT molecular complexity index is 1560. The van der Waals surface area contributed by atoms with Crippen molar-refractivity contribution < 1.29 is 22.7 Å². The molecule has 4 aromatic rings. The number of hydrogen-bond acceptors (Lipinski definition) is 7. The minimum Gasteiger partial charge on any atom is -0.492 e. The Morgan fingerprint density at radius 3 is 2.32 bits per heavy atom. The molecule has 0 aliphatic rings. The largest absolute Gasteiger partial charge is 0.492 e. The van der Waals surface area contributed by atoms with E-state index in [1.807, 2.05) is 37.3 Å². The van der Waals surface area contributed by atoms with Gasteiger partial charge in [0, 0.05) is 25.3 Å². The van der Waals surface area contributed by atoms with Crippen LogP contribution in [-0.4, -0.2) is 41.8 Å². The molecule has 0 unspecified atom stereocenters. The first kappa shape index (κ1) is 27.2. The highest BCUT2D eigenvalue weighted by atomic mass is 32.2. The smallest absolute Gasteiger partial charge is 0.277 e. The molecule has 0 fully saturated rings. The lowest BCUT2D eigenvalue weighted by Crippen LogP contribution is -2.35. The lowest BCUT2D eigenvalue weighted by atomic mass is 10.1. The van der Waals surface area contributed by atoms with Crippen LogP contribution < -0.4 is 5.56 Å². The number of rotatable bonds is 10. The number of benzene rings is 2. The molecule has 198 valence electrons. The van der Waals surface area contributed by atoms with E-state index in [2.05, 4.69) is 9.97 Å². The predicted molar refractivity (Wildman–Crippen MR) is 140 cm³/mol. The first-order valence-electron chi connectivity index (χ1n) is 12.1. The van der Waals surface area contributed by atoms with Crippen molar-refractivity contribution in [1.82, 2.24) is 14.5 Å². The average molecular weight is 538 g/mol. The van der Waals surface area contributed by atoms with Gasteiger partial charge in [0.25, 0.3) is 5.56 Å². The molecule has 0 spiro atoms. The minimum absolute atomic E-state index is 0.0926. The molecule has 0 amide bonds. The van der Waals surface area contributed by atoms with Crippen molar-refractivity contribution in [1.29, 1.82) is 0 Å². The van der Waals surface area contributed by atoms with Gasteiger partial charge in [-0.3, -0.25) is 9.36 Å².